The van der Waals surface area contributed by atoms with E-state index in [0.717, 1.165) is 25.7 Å². The summed E-state index contributed by atoms with van der Waals surface area (Å²) in [6.07, 6.45) is 49.0. The topological polar surface area (TPSA) is 43.4 Å². The Balaban J connectivity index is 3.24. The van der Waals surface area contributed by atoms with Crippen LogP contribution in [0.25, 0.3) is 0 Å². The van der Waals surface area contributed by atoms with Crippen LogP contribution in [0.5, 0.6) is 0 Å². The minimum Gasteiger partial charge on any atom is -0.393 e. The molecule has 0 aromatic heterocycles. The molecule has 3 nitrogen and oxygen atoms in total. The molecule has 0 aliphatic carbocycles. The van der Waals surface area contributed by atoms with Gasteiger partial charge in [0.1, 0.15) is 0 Å². The predicted octanol–water partition coefficient (Wildman–Crippen LogP) is 14.9. The van der Waals surface area contributed by atoms with Crippen LogP contribution in [0.4, 0.5) is 0 Å². The summed E-state index contributed by atoms with van der Waals surface area (Å²) in [4.78, 5) is 23.9. The van der Waals surface area contributed by atoms with E-state index in [-0.39, 0.29) is 11.9 Å². The molecule has 0 N–H and O–H groups in total. The van der Waals surface area contributed by atoms with Gasteiger partial charge < -0.3 is 4.74 Å². The third-order valence-electron chi connectivity index (χ3n) is 9.70. The Morgan fingerprint density at radius 2 is 0.422 bits per heavy atom. The van der Waals surface area contributed by atoms with Gasteiger partial charge in [0.2, 0.25) is 0 Å². The highest BCUT2D eigenvalue weighted by Crippen LogP contribution is 2.16. The maximum Gasteiger partial charge on any atom is 0.313 e. The fourth-order valence-electron chi connectivity index (χ4n) is 6.57. The molecular weight excluding hydrogens is 552 g/mol. The molecular formula is C42H82O3. The maximum atomic E-state index is 12.0. The first-order chi connectivity index (χ1) is 22.2. The molecule has 0 saturated carbocycles. The third-order valence-corrected chi connectivity index (χ3v) is 9.70. The Morgan fingerprint density at radius 3 is 0.600 bits per heavy atom. The van der Waals surface area contributed by atoms with Crippen LogP contribution in [0, 0.1) is 0 Å². The molecule has 0 saturated heterocycles. The van der Waals surface area contributed by atoms with E-state index in [4.69, 9.17) is 4.74 Å². The lowest BCUT2D eigenvalue weighted by atomic mass is 10.0. The first kappa shape index (κ1) is 44.1. The summed E-state index contributed by atoms with van der Waals surface area (Å²) < 4.78 is 5.03. The van der Waals surface area contributed by atoms with Crippen LogP contribution in [0.3, 0.4) is 0 Å². The number of hydrogen-bond acceptors (Lipinski definition) is 3. The summed E-state index contributed by atoms with van der Waals surface area (Å²) in [6, 6.07) is 0. The summed E-state index contributed by atoms with van der Waals surface area (Å²) in [5.41, 5.74) is 0. The van der Waals surface area contributed by atoms with Crippen LogP contribution in [-0.2, 0) is 14.3 Å². The molecule has 268 valence electrons. The van der Waals surface area contributed by atoms with Gasteiger partial charge in [-0.05, 0) is 12.8 Å². The molecule has 0 aromatic carbocycles. The molecule has 0 aromatic rings. The number of rotatable bonds is 38. The Morgan fingerprint density at radius 1 is 0.267 bits per heavy atom. The normalized spacial score (nSPS) is 11.3. The molecule has 0 spiro atoms. The zero-order valence-electron chi connectivity index (χ0n) is 31.1. The zero-order chi connectivity index (χ0) is 32.7. The number of esters is 2. The summed E-state index contributed by atoms with van der Waals surface area (Å²) >= 11 is 0. The van der Waals surface area contributed by atoms with Gasteiger partial charge in [0.25, 0.3) is 0 Å². The molecule has 0 atom stereocenters. The summed E-state index contributed by atoms with van der Waals surface area (Å²) in [5, 5.41) is 0. The van der Waals surface area contributed by atoms with Crippen molar-refractivity contribution in [2.75, 3.05) is 0 Å². The molecule has 0 aliphatic rings. The van der Waals surface area contributed by atoms with E-state index in [0.29, 0.717) is 12.8 Å². The molecule has 0 fully saturated rings. The van der Waals surface area contributed by atoms with Gasteiger partial charge in [-0.2, -0.15) is 0 Å². The van der Waals surface area contributed by atoms with Crippen molar-refractivity contribution in [2.24, 2.45) is 0 Å². The second kappa shape index (κ2) is 39.3. The van der Waals surface area contributed by atoms with Gasteiger partial charge in [-0.3, -0.25) is 9.59 Å². The van der Waals surface area contributed by atoms with Crippen LogP contribution in [0.2, 0.25) is 0 Å². The fourth-order valence-corrected chi connectivity index (χ4v) is 6.57. The first-order valence-corrected chi connectivity index (χ1v) is 20.9. The van der Waals surface area contributed by atoms with Gasteiger partial charge in [-0.25, -0.2) is 0 Å². The lowest BCUT2D eigenvalue weighted by Crippen LogP contribution is -2.11. The van der Waals surface area contributed by atoms with E-state index >= 15 is 0 Å². The minimum atomic E-state index is -0.322. The molecule has 45 heavy (non-hydrogen) atoms. The van der Waals surface area contributed by atoms with Crippen LogP contribution < -0.4 is 0 Å². The van der Waals surface area contributed by atoms with Crippen LogP contribution in [0.15, 0.2) is 0 Å². The van der Waals surface area contributed by atoms with Gasteiger partial charge in [0.05, 0.1) is 0 Å². The van der Waals surface area contributed by atoms with Crippen molar-refractivity contribution in [1.29, 1.82) is 0 Å². The van der Waals surface area contributed by atoms with Gasteiger partial charge in [-0.1, -0.05) is 232 Å². The van der Waals surface area contributed by atoms with Crippen molar-refractivity contribution in [3.8, 4) is 0 Å². The summed E-state index contributed by atoms with van der Waals surface area (Å²) in [6.45, 7) is 4.57. The number of unbranched alkanes of at least 4 members (excludes halogenated alkanes) is 34. The van der Waals surface area contributed by atoms with Crippen molar-refractivity contribution in [1.82, 2.24) is 0 Å². The van der Waals surface area contributed by atoms with Gasteiger partial charge in [-0.15, -0.1) is 0 Å². The Kier molecular flexibility index (Phi) is 38.6. The lowest BCUT2D eigenvalue weighted by Gasteiger charge is -2.05. The minimum absolute atomic E-state index is 0.321. The molecule has 0 heterocycles. The molecule has 0 aliphatic heterocycles. The highest BCUT2D eigenvalue weighted by Gasteiger charge is 2.10. The highest BCUT2D eigenvalue weighted by molar-refractivity contribution is 5.85. The lowest BCUT2D eigenvalue weighted by molar-refractivity contribution is -0.159. The van der Waals surface area contributed by atoms with E-state index in [1.165, 1.54) is 205 Å². The second-order valence-corrected chi connectivity index (χ2v) is 14.4. The largest absolute Gasteiger partial charge is 0.393 e. The molecule has 0 unspecified atom stereocenters. The Labute approximate surface area is 283 Å². The third kappa shape index (κ3) is 39.2. The average Bonchev–Trinajstić information content (AvgIpc) is 3.03. The second-order valence-electron chi connectivity index (χ2n) is 14.4. The standard InChI is InChI=1S/C42H82O3/c1-3-5-7-9-11-13-15-17-18-19-20-21-22-23-24-25-26-28-30-32-34-36-38-40-42(44)45-41(43)39-37-35-33-31-29-27-16-14-12-10-8-6-4-2/h3-40H2,1-2H3. The zero-order valence-corrected chi connectivity index (χ0v) is 31.1. The number of hydrogen-bond donors (Lipinski definition) is 0. The first-order valence-electron chi connectivity index (χ1n) is 20.9. The highest BCUT2D eigenvalue weighted by atomic mass is 16.6. The molecule has 0 bridgehead atoms. The van der Waals surface area contributed by atoms with Crippen LogP contribution in [-0.4, -0.2) is 11.9 Å². The van der Waals surface area contributed by atoms with Crippen molar-refractivity contribution < 1.29 is 14.3 Å². The van der Waals surface area contributed by atoms with E-state index in [9.17, 15) is 9.59 Å². The van der Waals surface area contributed by atoms with Crippen molar-refractivity contribution >= 4 is 11.9 Å². The molecule has 0 amide bonds. The van der Waals surface area contributed by atoms with Gasteiger partial charge in [0.15, 0.2) is 0 Å². The van der Waals surface area contributed by atoms with Crippen molar-refractivity contribution in [3.63, 3.8) is 0 Å². The average molecular weight is 635 g/mol. The molecule has 0 radical (unpaired) electrons. The van der Waals surface area contributed by atoms with Crippen LogP contribution in [0.1, 0.15) is 258 Å². The van der Waals surface area contributed by atoms with Gasteiger partial charge in [0, 0.05) is 12.8 Å². The van der Waals surface area contributed by atoms with E-state index < -0.39 is 0 Å². The predicted molar refractivity (Wildman–Crippen MR) is 198 cm³/mol. The smallest absolute Gasteiger partial charge is 0.313 e. The van der Waals surface area contributed by atoms with E-state index in [2.05, 4.69) is 13.8 Å². The Bertz CT molecular complexity index is 586. The van der Waals surface area contributed by atoms with Crippen molar-refractivity contribution in [2.45, 2.75) is 258 Å². The van der Waals surface area contributed by atoms with E-state index in [1.807, 2.05) is 0 Å². The monoisotopic (exact) mass is 635 g/mol. The number of carbonyl (C=O) groups excluding carboxylic acids is 2. The molecule has 3 heteroatoms. The number of ether oxygens (including phenoxy) is 1. The van der Waals surface area contributed by atoms with Gasteiger partial charge >= 0.3 is 11.9 Å². The summed E-state index contributed by atoms with van der Waals surface area (Å²) in [5.74, 6) is -0.643. The number of carbonyl (C=O) groups is 2. The van der Waals surface area contributed by atoms with E-state index in [1.54, 1.807) is 0 Å². The maximum absolute atomic E-state index is 12.0. The SMILES string of the molecule is CCCCCCCCCCCCCCCCCCCCCCCCCC(=O)OC(=O)CCCCCCCCCCCCCCC. The quantitative estimate of drug-likeness (QED) is 0.0385. The van der Waals surface area contributed by atoms with Crippen LogP contribution >= 0.6 is 0 Å². The molecule has 0 rings (SSSR count). The summed E-state index contributed by atoms with van der Waals surface area (Å²) in [7, 11) is 0. The fraction of sp³-hybridized carbons (Fsp3) is 0.952. The van der Waals surface area contributed by atoms with Crippen molar-refractivity contribution in [3.05, 3.63) is 0 Å². The Hall–Kier alpha value is -0.860.